The van der Waals surface area contributed by atoms with Crippen molar-refractivity contribution in [2.75, 3.05) is 5.32 Å². The van der Waals surface area contributed by atoms with Crippen LogP contribution in [0.5, 0.6) is 5.75 Å². The van der Waals surface area contributed by atoms with Crippen LogP contribution in [0.4, 0.5) is 10.9 Å². The Morgan fingerprint density at radius 3 is 2.63 bits per heavy atom. The smallest absolute Gasteiger partial charge is 0.224 e. The number of nitrogens with one attached hydrogen (secondary N) is 2. The molecule has 35 heavy (non-hydrogen) atoms. The summed E-state index contributed by atoms with van der Waals surface area (Å²) in [6.45, 7) is 0. The van der Waals surface area contributed by atoms with Gasteiger partial charge in [0.15, 0.2) is 16.7 Å². The van der Waals surface area contributed by atoms with E-state index in [0.29, 0.717) is 18.3 Å². The first-order chi connectivity index (χ1) is 17.1. The predicted octanol–water partition coefficient (Wildman–Crippen LogP) is 5.07. The lowest BCUT2D eigenvalue weighted by atomic mass is 9.96. The summed E-state index contributed by atoms with van der Waals surface area (Å²) in [6, 6.07) is 10.5. The maximum atomic E-state index is 12.2. The second kappa shape index (κ2) is 9.59. The number of fused-ring (bicyclic) bond motifs is 1. The number of nitrogens with zero attached hydrogens (tertiary/aromatic N) is 2. The number of aliphatic hydroxyl groups is 1. The highest BCUT2D eigenvalue weighted by Crippen LogP contribution is 2.41. The molecule has 2 aromatic heterocycles. The van der Waals surface area contributed by atoms with Crippen molar-refractivity contribution < 1.29 is 14.6 Å². The van der Waals surface area contributed by atoms with Gasteiger partial charge in [0.2, 0.25) is 5.91 Å². The fourth-order valence-corrected chi connectivity index (χ4v) is 5.64. The van der Waals surface area contributed by atoms with Crippen molar-refractivity contribution in [2.45, 2.75) is 76.0 Å². The number of pyridine rings is 1. The third-order valence-corrected chi connectivity index (χ3v) is 8.01. The summed E-state index contributed by atoms with van der Waals surface area (Å²) in [5, 5.41) is 17.5. The van der Waals surface area contributed by atoms with E-state index < -0.39 is 6.10 Å². The van der Waals surface area contributed by atoms with Crippen LogP contribution in [0.1, 0.15) is 67.2 Å². The maximum absolute atomic E-state index is 12.2. The molecule has 3 aliphatic rings. The molecule has 3 aromatic rings. The zero-order chi connectivity index (χ0) is 23.8. The fourth-order valence-electron chi connectivity index (χ4n) is 4.58. The lowest BCUT2D eigenvalue weighted by Gasteiger charge is -2.28. The number of amides is 1. The topological polar surface area (TPSA) is 96.4 Å². The first kappa shape index (κ1) is 22.5. The Hall–Kier alpha value is -2.97. The molecule has 0 saturated heterocycles. The summed E-state index contributed by atoms with van der Waals surface area (Å²) in [7, 11) is 0. The highest BCUT2D eigenvalue weighted by atomic mass is 32.1. The monoisotopic (exact) mass is 490 g/mol. The molecule has 8 heteroatoms. The number of thiazole rings is 1. The van der Waals surface area contributed by atoms with Crippen LogP contribution in [-0.4, -0.2) is 33.1 Å². The zero-order valence-corrected chi connectivity index (χ0v) is 20.4. The molecular formula is C27H30N4O3S. The molecule has 7 nitrogen and oxygen atoms in total. The van der Waals surface area contributed by atoms with E-state index in [1.165, 1.54) is 6.42 Å². The number of rotatable bonds is 8. The molecule has 2 fully saturated rings. The highest BCUT2D eigenvalue weighted by molar-refractivity contribution is 7.15. The SMILES string of the molecule is O=C(Cc1ccc(-c2ccnc(Nc3nc4c(s3)CCCC4O)c2OC2CCC2)cc1)NC1CC1. The first-order valence-corrected chi connectivity index (χ1v) is 13.4. The van der Waals surface area contributed by atoms with Gasteiger partial charge < -0.3 is 20.5 Å². The van der Waals surface area contributed by atoms with Crippen LogP contribution in [0.25, 0.3) is 11.1 Å². The highest BCUT2D eigenvalue weighted by Gasteiger charge is 2.26. The van der Waals surface area contributed by atoms with Crippen molar-refractivity contribution in [1.82, 2.24) is 15.3 Å². The minimum absolute atomic E-state index is 0.0842. The first-order valence-electron chi connectivity index (χ1n) is 12.6. The quantitative estimate of drug-likeness (QED) is 0.408. The molecule has 182 valence electrons. The largest absolute Gasteiger partial charge is 0.486 e. The minimum Gasteiger partial charge on any atom is -0.486 e. The number of benzene rings is 1. The molecular weight excluding hydrogens is 460 g/mol. The molecule has 0 spiro atoms. The molecule has 1 amide bonds. The molecule has 6 rings (SSSR count). The minimum atomic E-state index is -0.486. The van der Waals surface area contributed by atoms with Crippen LogP contribution in [0, 0.1) is 0 Å². The lowest BCUT2D eigenvalue weighted by Crippen LogP contribution is -2.26. The van der Waals surface area contributed by atoms with Crippen molar-refractivity contribution in [1.29, 1.82) is 0 Å². The summed E-state index contributed by atoms with van der Waals surface area (Å²) in [6.07, 6.45) is 10.0. The van der Waals surface area contributed by atoms with Crippen molar-refractivity contribution in [2.24, 2.45) is 0 Å². The summed E-state index contributed by atoms with van der Waals surface area (Å²) >= 11 is 1.58. The number of carbonyl (C=O) groups excluding carboxylic acids is 1. The van der Waals surface area contributed by atoms with Crippen LogP contribution in [0.2, 0.25) is 0 Å². The predicted molar refractivity (Wildman–Crippen MR) is 136 cm³/mol. The standard InChI is InChI=1S/C27H30N4O3S/c32-21-5-2-6-22-24(21)30-27(35-22)31-26-25(34-19-3-1-4-19)20(13-14-28-26)17-9-7-16(8-10-17)15-23(33)29-18-11-12-18/h7-10,13-14,18-19,21,32H,1-6,11-12,15H2,(H,29,33)(H,28,30,31). The molecule has 0 bridgehead atoms. The molecule has 3 aliphatic carbocycles. The number of hydrogen-bond acceptors (Lipinski definition) is 7. The van der Waals surface area contributed by atoms with E-state index in [-0.39, 0.29) is 12.0 Å². The summed E-state index contributed by atoms with van der Waals surface area (Å²) in [5.74, 6) is 1.45. The number of aryl methyl sites for hydroxylation is 1. The molecule has 1 atom stereocenters. The average Bonchev–Trinajstić information content (AvgIpc) is 3.53. The Bertz CT molecular complexity index is 1220. The Morgan fingerprint density at radius 2 is 1.91 bits per heavy atom. The molecule has 0 aliphatic heterocycles. The molecule has 3 N–H and O–H groups in total. The van der Waals surface area contributed by atoms with E-state index in [1.807, 2.05) is 30.3 Å². The van der Waals surface area contributed by atoms with Gasteiger partial charge in [0.05, 0.1) is 24.3 Å². The second-order valence-corrected chi connectivity index (χ2v) is 10.9. The normalized spacial score (nSPS) is 19.5. The lowest BCUT2D eigenvalue weighted by molar-refractivity contribution is -0.120. The van der Waals surface area contributed by atoms with E-state index in [9.17, 15) is 9.90 Å². The molecule has 2 heterocycles. The van der Waals surface area contributed by atoms with Crippen molar-refractivity contribution >= 4 is 28.2 Å². The van der Waals surface area contributed by atoms with Crippen molar-refractivity contribution in [3.63, 3.8) is 0 Å². The number of aromatic nitrogens is 2. The summed E-state index contributed by atoms with van der Waals surface area (Å²) in [5.41, 5.74) is 3.77. The summed E-state index contributed by atoms with van der Waals surface area (Å²) in [4.78, 5) is 22.6. The number of carbonyl (C=O) groups is 1. The Balaban J connectivity index is 1.26. The van der Waals surface area contributed by atoms with Crippen molar-refractivity contribution in [3.05, 3.63) is 52.7 Å². The van der Waals surface area contributed by atoms with Gasteiger partial charge in [-0.15, -0.1) is 11.3 Å². The van der Waals surface area contributed by atoms with Crippen LogP contribution in [0.15, 0.2) is 36.5 Å². The fraction of sp³-hybridized carbons (Fsp3) is 0.444. The van der Waals surface area contributed by atoms with Gasteiger partial charge in [-0.25, -0.2) is 9.97 Å². The van der Waals surface area contributed by atoms with E-state index in [0.717, 1.165) is 83.1 Å². The van der Waals surface area contributed by atoms with Gasteiger partial charge in [-0.3, -0.25) is 4.79 Å². The third kappa shape index (κ3) is 5.04. The van der Waals surface area contributed by atoms with Gasteiger partial charge in [0, 0.05) is 22.7 Å². The zero-order valence-electron chi connectivity index (χ0n) is 19.6. The van der Waals surface area contributed by atoms with E-state index in [2.05, 4.69) is 20.6 Å². The van der Waals surface area contributed by atoms with Crippen LogP contribution in [-0.2, 0) is 17.6 Å². The Morgan fingerprint density at radius 1 is 1.09 bits per heavy atom. The van der Waals surface area contributed by atoms with Gasteiger partial charge in [0.1, 0.15) is 0 Å². The molecule has 2 saturated carbocycles. The number of anilines is 2. The maximum Gasteiger partial charge on any atom is 0.224 e. The van der Waals surface area contributed by atoms with Gasteiger partial charge in [-0.05, 0) is 68.6 Å². The Kier molecular flexibility index (Phi) is 6.16. The van der Waals surface area contributed by atoms with Crippen LogP contribution >= 0.6 is 11.3 Å². The number of hydrogen-bond donors (Lipinski definition) is 3. The molecule has 1 unspecified atom stereocenters. The van der Waals surface area contributed by atoms with E-state index in [1.54, 1.807) is 17.5 Å². The molecule has 0 radical (unpaired) electrons. The molecule has 1 aromatic carbocycles. The van der Waals surface area contributed by atoms with E-state index in [4.69, 9.17) is 4.74 Å². The van der Waals surface area contributed by atoms with Crippen molar-refractivity contribution in [3.8, 4) is 16.9 Å². The van der Waals surface area contributed by atoms with Crippen LogP contribution in [0.3, 0.4) is 0 Å². The van der Waals surface area contributed by atoms with Gasteiger partial charge in [0.25, 0.3) is 0 Å². The summed E-state index contributed by atoms with van der Waals surface area (Å²) < 4.78 is 6.45. The third-order valence-electron chi connectivity index (χ3n) is 6.96. The second-order valence-electron chi connectivity index (χ2n) is 9.78. The number of aliphatic hydroxyl groups excluding tert-OH is 1. The van der Waals surface area contributed by atoms with Gasteiger partial charge >= 0.3 is 0 Å². The van der Waals surface area contributed by atoms with Gasteiger partial charge in [-0.2, -0.15) is 0 Å². The van der Waals surface area contributed by atoms with Gasteiger partial charge in [-0.1, -0.05) is 24.3 Å². The van der Waals surface area contributed by atoms with E-state index >= 15 is 0 Å². The number of ether oxygens (including phenoxy) is 1. The Labute approximate surface area is 209 Å². The average molecular weight is 491 g/mol. The van der Waals surface area contributed by atoms with Crippen LogP contribution < -0.4 is 15.4 Å².